The van der Waals surface area contributed by atoms with Crippen molar-refractivity contribution in [3.63, 3.8) is 0 Å². The molecule has 0 aliphatic carbocycles. The van der Waals surface area contributed by atoms with E-state index in [9.17, 15) is 4.79 Å². The van der Waals surface area contributed by atoms with Gasteiger partial charge in [-0.2, -0.15) is 0 Å². The summed E-state index contributed by atoms with van der Waals surface area (Å²) in [7, 11) is 0. The van der Waals surface area contributed by atoms with E-state index in [0.29, 0.717) is 11.3 Å². The predicted molar refractivity (Wildman–Crippen MR) is 79.2 cm³/mol. The van der Waals surface area contributed by atoms with E-state index in [1.807, 2.05) is 12.1 Å². The Kier molecular flexibility index (Phi) is 4.30. The molecule has 0 radical (unpaired) electrons. The summed E-state index contributed by atoms with van der Waals surface area (Å²) >= 11 is 0. The molecule has 4 N–H and O–H groups in total. The van der Waals surface area contributed by atoms with Gasteiger partial charge in [-0.05, 0) is 37.0 Å². The molecule has 1 aliphatic heterocycles. The molecule has 1 fully saturated rings. The fraction of sp³-hybridized carbons (Fsp3) is 0.533. The summed E-state index contributed by atoms with van der Waals surface area (Å²) in [6.07, 6.45) is 5.04. The minimum absolute atomic E-state index is 0.424. The summed E-state index contributed by atoms with van der Waals surface area (Å²) in [5.41, 5.74) is 13.0. The fourth-order valence-corrected chi connectivity index (χ4v) is 2.84. The van der Waals surface area contributed by atoms with Crippen LogP contribution in [0.5, 0.6) is 0 Å². The zero-order valence-electron chi connectivity index (χ0n) is 11.6. The number of nitrogens with two attached hydrogens (primary N) is 2. The third kappa shape index (κ3) is 3.19. The van der Waals surface area contributed by atoms with Crippen LogP contribution in [0.1, 0.15) is 43.0 Å². The van der Waals surface area contributed by atoms with Crippen molar-refractivity contribution < 1.29 is 4.79 Å². The van der Waals surface area contributed by atoms with Crippen LogP contribution in [0.3, 0.4) is 0 Å². The van der Waals surface area contributed by atoms with Gasteiger partial charge in [0.15, 0.2) is 0 Å². The maximum Gasteiger partial charge on any atom is 0.250 e. The topological polar surface area (TPSA) is 72.3 Å². The minimum atomic E-state index is -0.458. The summed E-state index contributed by atoms with van der Waals surface area (Å²) in [6.45, 7) is 4.34. The molecule has 1 aromatic carbocycles. The zero-order chi connectivity index (χ0) is 13.8. The van der Waals surface area contributed by atoms with Gasteiger partial charge >= 0.3 is 0 Å². The standard InChI is InChI=1S/C15H23N3O/c1-2-3-11-6-8-18(9-7-11)12-4-5-14(16)13(10-12)15(17)19/h4-5,10-11H,2-3,6-9,16H2,1H3,(H2,17,19). The molecule has 1 saturated heterocycles. The average molecular weight is 261 g/mol. The lowest BCUT2D eigenvalue weighted by Crippen LogP contribution is -2.33. The number of anilines is 2. The van der Waals surface area contributed by atoms with Crippen LogP contribution in [-0.4, -0.2) is 19.0 Å². The lowest BCUT2D eigenvalue weighted by atomic mass is 9.92. The number of nitrogens with zero attached hydrogens (tertiary/aromatic N) is 1. The molecule has 1 heterocycles. The highest BCUT2D eigenvalue weighted by Gasteiger charge is 2.19. The number of carbonyl (C=O) groups excluding carboxylic acids is 1. The lowest BCUT2D eigenvalue weighted by Gasteiger charge is -2.33. The van der Waals surface area contributed by atoms with Crippen LogP contribution >= 0.6 is 0 Å². The summed E-state index contributed by atoms with van der Waals surface area (Å²) in [5, 5.41) is 0. The van der Waals surface area contributed by atoms with Gasteiger partial charge in [0.25, 0.3) is 5.91 Å². The van der Waals surface area contributed by atoms with Gasteiger partial charge in [0.2, 0.25) is 0 Å². The minimum Gasteiger partial charge on any atom is -0.398 e. The second kappa shape index (κ2) is 5.95. The van der Waals surface area contributed by atoms with Crippen molar-refractivity contribution in [2.45, 2.75) is 32.6 Å². The third-order valence-electron chi connectivity index (χ3n) is 3.98. The molecule has 0 atom stereocenters. The number of carbonyl (C=O) groups is 1. The number of hydrogen-bond donors (Lipinski definition) is 2. The van der Waals surface area contributed by atoms with Crippen LogP contribution in [0.15, 0.2) is 18.2 Å². The van der Waals surface area contributed by atoms with E-state index in [-0.39, 0.29) is 0 Å². The van der Waals surface area contributed by atoms with Gasteiger partial charge in [-0.1, -0.05) is 19.8 Å². The quantitative estimate of drug-likeness (QED) is 0.817. The SMILES string of the molecule is CCCC1CCN(c2ccc(N)c(C(N)=O)c2)CC1. The molecule has 0 bridgehead atoms. The van der Waals surface area contributed by atoms with Crippen molar-refractivity contribution in [2.75, 3.05) is 23.7 Å². The highest BCUT2D eigenvalue weighted by Crippen LogP contribution is 2.27. The Hall–Kier alpha value is -1.71. The number of primary amides is 1. The van der Waals surface area contributed by atoms with Crippen molar-refractivity contribution in [2.24, 2.45) is 11.7 Å². The van der Waals surface area contributed by atoms with E-state index in [1.54, 1.807) is 6.07 Å². The van der Waals surface area contributed by atoms with Crippen LogP contribution in [0.4, 0.5) is 11.4 Å². The van der Waals surface area contributed by atoms with E-state index in [2.05, 4.69) is 11.8 Å². The molecule has 4 heteroatoms. The molecule has 104 valence electrons. The Morgan fingerprint density at radius 1 is 1.37 bits per heavy atom. The Labute approximate surface area is 114 Å². The van der Waals surface area contributed by atoms with E-state index >= 15 is 0 Å². The van der Waals surface area contributed by atoms with Gasteiger partial charge in [-0.3, -0.25) is 4.79 Å². The number of amides is 1. The highest BCUT2D eigenvalue weighted by molar-refractivity contribution is 5.99. The van der Waals surface area contributed by atoms with Crippen LogP contribution in [0.2, 0.25) is 0 Å². The normalized spacial score (nSPS) is 16.6. The molecule has 1 amide bonds. The van der Waals surface area contributed by atoms with Gasteiger partial charge in [-0.15, -0.1) is 0 Å². The van der Waals surface area contributed by atoms with Gasteiger partial charge < -0.3 is 16.4 Å². The fourth-order valence-electron chi connectivity index (χ4n) is 2.84. The van der Waals surface area contributed by atoms with Gasteiger partial charge in [-0.25, -0.2) is 0 Å². The second-order valence-corrected chi connectivity index (χ2v) is 5.35. The molecule has 0 unspecified atom stereocenters. The molecule has 0 aromatic heterocycles. The maximum absolute atomic E-state index is 11.3. The van der Waals surface area contributed by atoms with Gasteiger partial charge in [0.05, 0.1) is 5.56 Å². The molecule has 0 spiro atoms. The molecule has 1 aromatic rings. The first-order valence-corrected chi connectivity index (χ1v) is 7.06. The highest BCUT2D eigenvalue weighted by atomic mass is 16.1. The van der Waals surface area contributed by atoms with E-state index < -0.39 is 5.91 Å². The first-order valence-electron chi connectivity index (χ1n) is 7.06. The monoisotopic (exact) mass is 261 g/mol. The summed E-state index contributed by atoms with van der Waals surface area (Å²) in [5.74, 6) is 0.394. The maximum atomic E-state index is 11.3. The Morgan fingerprint density at radius 2 is 2.05 bits per heavy atom. The molecular weight excluding hydrogens is 238 g/mol. The van der Waals surface area contributed by atoms with Crippen LogP contribution in [0.25, 0.3) is 0 Å². The Morgan fingerprint density at radius 3 is 2.63 bits per heavy atom. The smallest absolute Gasteiger partial charge is 0.250 e. The molecule has 0 saturated carbocycles. The number of hydrogen-bond acceptors (Lipinski definition) is 3. The van der Waals surface area contributed by atoms with Crippen molar-refractivity contribution in [3.05, 3.63) is 23.8 Å². The largest absolute Gasteiger partial charge is 0.398 e. The third-order valence-corrected chi connectivity index (χ3v) is 3.98. The molecule has 4 nitrogen and oxygen atoms in total. The van der Waals surface area contributed by atoms with Crippen molar-refractivity contribution in [3.8, 4) is 0 Å². The number of benzene rings is 1. The first kappa shape index (κ1) is 13.7. The second-order valence-electron chi connectivity index (χ2n) is 5.35. The number of piperidine rings is 1. The molecule has 2 rings (SSSR count). The molecule has 19 heavy (non-hydrogen) atoms. The summed E-state index contributed by atoms with van der Waals surface area (Å²) < 4.78 is 0. The van der Waals surface area contributed by atoms with Crippen LogP contribution in [0, 0.1) is 5.92 Å². The van der Waals surface area contributed by atoms with Gasteiger partial charge in [0, 0.05) is 24.5 Å². The van der Waals surface area contributed by atoms with Crippen LogP contribution < -0.4 is 16.4 Å². The molecular formula is C15H23N3O. The number of rotatable bonds is 4. The van der Waals surface area contributed by atoms with E-state index in [1.165, 1.54) is 25.7 Å². The summed E-state index contributed by atoms with van der Waals surface area (Å²) in [4.78, 5) is 13.6. The first-order chi connectivity index (χ1) is 9.11. The average Bonchev–Trinajstić information content (AvgIpc) is 2.40. The van der Waals surface area contributed by atoms with E-state index in [0.717, 1.165) is 24.7 Å². The molecule has 1 aliphatic rings. The van der Waals surface area contributed by atoms with Crippen molar-refractivity contribution in [1.82, 2.24) is 0 Å². The van der Waals surface area contributed by atoms with Crippen LogP contribution in [-0.2, 0) is 0 Å². The van der Waals surface area contributed by atoms with E-state index in [4.69, 9.17) is 11.5 Å². The van der Waals surface area contributed by atoms with Crippen molar-refractivity contribution >= 4 is 17.3 Å². The zero-order valence-corrected chi connectivity index (χ0v) is 11.6. The van der Waals surface area contributed by atoms with Crippen molar-refractivity contribution in [1.29, 1.82) is 0 Å². The van der Waals surface area contributed by atoms with Gasteiger partial charge in [0.1, 0.15) is 0 Å². The number of nitrogen functional groups attached to an aromatic ring is 1. The Bertz CT molecular complexity index is 451. The predicted octanol–water partition coefficient (Wildman–Crippen LogP) is 2.38. The lowest BCUT2D eigenvalue weighted by molar-refractivity contribution is 0.100. The summed E-state index contributed by atoms with van der Waals surface area (Å²) in [6, 6.07) is 5.56. The Balaban J connectivity index is 2.07.